The number of hydrogen-bond donors (Lipinski definition) is 1. The Morgan fingerprint density at radius 3 is 3.27 bits per heavy atom. The average Bonchev–Trinajstić information content (AvgIpc) is 2.82. The first-order chi connectivity index (χ1) is 7.27. The smallest absolute Gasteiger partial charge is 0.339 e. The quantitative estimate of drug-likeness (QED) is 0.732. The molecule has 76 valence electrons. The molecule has 0 atom stereocenters. The molecule has 0 amide bonds. The van der Waals surface area contributed by atoms with Crippen LogP contribution in [0.2, 0.25) is 0 Å². The van der Waals surface area contributed by atoms with Crippen molar-refractivity contribution in [3.05, 3.63) is 17.4 Å². The van der Waals surface area contributed by atoms with Crippen LogP contribution in [-0.4, -0.2) is 41.2 Å². The highest BCUT2D eigenvalue weighted by molar-refractivity contribution is 6.15. The van der Waals surface area contributed by atoms with E-state index < -0.39 is 5.97 Å². The number of rotatable bonds is 1. The molecular formula is C9H7N3O3. The van der Waals surface area contributed by atoms with Gasteiger partial charge in [-0.25, -0.2) is 9.79 Å². The minimum absolute atomic E-state index is 0.118. The highest BCUT2D eigenvalue weighted by atomic mass is 16.4. The fourth-order valence-electron chi connectivity index (χ4n) is 1.73. The predicted octanol–water partition coefficient (Wildman–Crippen LogP) is 0.713. The normalized spacial score (nSPS) is 17.3. The number of aliphatic imine (C=N–C) groups is 2. The summed E-state index contributed by atoms with van der Waals surface area (Å²) in [6.45, 7) is 1.40. The summed E-state index contributed by atoms with van der Waals surface area (Å²) in [7, 11) is 0. The van der Waals surface area contributed by atoms with Gasteiger partial charge < -0.3 is 14.4 Å². The molecule has 1 N–H and O–H groups in total. The molecule has 0 unspecified atom stereocenters. The summed E-state index contributed by atoms with van der Waals surface area (Å²) in [5, 5.41) is 8.96. The van der Waals surface area contributed by atoms with Crippen LogP contribution in [0.25, 0.3) is 0 Å². The van der Waals surface area contributed by atoms with Crippen molar-refractivity contribution in [2.24, 2.45) is 9.98 Å². The molecule has 3 rings (SSSR count). The maximum atomic E-state index is 10.9. The number of hydrogen-bond acceptors (Lipinski definition) is 5. The van der Waals surface area contributed by atoms with E-state index in [1.54, 1.807) is 6.34 Å². The van der Waals surface area contributed by atoms with Gasteiger partial charge in [0.25, 0.3) is 0 Å². The van der Waals surface area contributed by atoms with Gasteiger partial charge in [-0.1, -0.05) is 0 Å². The fourth-order valence-corrected chi connectivity index (χ4v) is 1.73. The predicted molar refractivity (Wildman–Crippen MR) is 51.9 cm³/mol. The lowest BCUT2D eigenvalue weighted by molar-refractivity contribution is 0.0696. The Balaban J connectivity index is 2.23. The minimum atomic E-state index is -1.02. The first kappa shape index (κ1) is 8.22. The zero-order valence-corrected chi connectivity index (χ0v) is 7.67. The van der Waals surface area contributed by atoms with E-state index in [1.807, 2.05) is 4.90 Å². The summed E-state index contributed by atoms with van der Waals surface area (Å²) in [4.78, 5) is 21.0. The molecule has 1 aromatic heterocycles. The summed E-state index contributed by atoms with van der Waals surface area (Å²) in [5.74, 6) is -0.0536. The van der Waals surface area contributed by atoms with Gasteiger partial charge in [0.15, 0.2) is 0 Å². The molecule has 0 aromatic carbocycles. The first-order valence-electron chi connectivity index (χ1n) is 4.48. The minimum Gasteiger partial charge on any atom is -0.478 e. The van der Waals surface area contributed by atoms with Crippen molar-refractivity contribution in [2.45, 2.75) is 0 Å². The monoisotopic (exact) mass is 205 g/mol. The molecule has 0 radical (unpaired) electrons. The van der Waals surface area contributed by atoms with E-state index in [-0.39, 0.29) is 5.56 Å². The van der Waals surface area contributed by atoms with Crippen LogP contribution < -0.4 is 0 Å². The van der Waals surface area contributed by atoms with E-state index in [1.165, 1.54) is 6.26 Å². The standard InChI is InChI=1S/C9H7N3O3/c13-9(14)5-3-15-8-6(5)7-10-1-2-12(7)4-11-8/h3-4H,1-2H2,(H,13,14). The maximum absolute atomic E-state index is 10.9. The van der Waals surface area contributed by atoms with Crippen molar-refractivity contribution in [1.82, 2.24) is 4.90 Å². The summed E-state index contributed by atoms with van der Waals surface area (Å²) < 4.78 is 5.07. The van der Waals surface area contributed by atoms with Crippen LogP contribution in [0.3, 0.4) is 0 Å². The second-order valence-corrected chi connectivity index (χ2v) is 3.28. The van der Waals surface area contributed by atoms with E-state index in [4.69, 9.17) is 9.52 Å². The van der Waals surface area contributed by atoms with E-state index in [0.717, 1.165) is 6.54 Å². The van der Waals surface area contributed by atoms with Gasteiger partial charge in [0, 0.05) is 6.54 Å². The van der Waals surface area contributed by atoms with Crippen molar-refractivity contribution in [2.75, 3.05) is 13.1 Å². The molecule has 0 saturated heterocycles. The Hall–Kier alpha value is -2.11. The highest BCUT2D eigenvalue weighted by Gasteiger charge is 2.31. The second kappa shape index (κ2) is 2.69. The lowest BCUT2D eigenvalue weighted by Gasteiger charge is -2.17. The molecule has 3 heterocycles. The lowest BCUT2D eigenvalue weighted by atomic mass is 10.1. The van der Waals surface area contributed by atoms with Gasteiger partial charge in [-0.2, -0.15) is 0 Å². The molecule has 1 aromatic rings. The van der Waals surface area contributed by atoms with Gasteiger partial charge in [-0.3, -0.25) is 4.99 Å². The van der Waals surface area contributed by atoms with Crippen LogP contribution in [0.15, 0.2) is 20.7 Å². The largest absolute Gasteiger partial charge is 0.478 e. The third-order valence-corrected chi connectivity index (χ3v) is 2.41. The molecule has 0 aliphatic carbocycles. The Bertz CT molecular complexity index is 501. The van der Waals surface area contributed by atoms with Crippen LogP contribution in [0.5, 0.6) is 0 Å². The van der Waals surface area contributed by atoms with Gasteiger partial charge in [0.2, 0.25) is 5.88 Å². The molecule has 0 saturated carbocycles. The van der Waals surface area contributed by atoms with Gasteiger partial charge in [0.1, 0.15) is 24.0 Å². The Labute approximate surface area is 84.5 Å². The zero-order valence-electron chi connectivity index (χ0n) is 7.67. The van der Waals surface area contributed by atoms with E-state index in [9.17, 15) is 4.79 Å². The zero-order chi connectivity index (χ0) is 10.4. The average molecular weight is 205 g/mol. The number of carbonyl (C=O) groups is 1. The molecule has 0 spiro atoms. The molecule has 2 aliphatic heterocycles. The number of furan rings is 1. The fraction of sp³-hybridized carbons (Fsp3) is 0.222. The van der Waals surface area contributed by atoms with Crippen molar-refractivity contribution in [3.63, 3.8) is 0 Å². The number of carboxylic acids is 1. The second-order valence-electron chi connectivity index (χ2n) is 3.28. The van der Waals surface area contributed by atoms with Crippen LogP contribution in [0, 0.1) is 0 Å². The number of amidine groups is 1. The van der Waals surface area contributed by atoms with E-state index in [0.29, 0.717) is 23.8 Å². The van der Waals surface area contributed by atoms with Crippen LogP contribution in [-0.2, 0) is 0 Å². The molecule has 6 heteroatoms. The molecule has 2 aliphatic rings. The number of aromatic carboxylic acids is 1. The number of nitrogens with zero attached hydrogens (tertiary/aromatic N) is 3. The Morgan fingerprint density at radius 1 is 1.60 bits per heavy atom. The van der Waals surface area contributed by atoms with Crippen molar-refractivity contribution in [1.29, 1.82) is 0 Å². The highest BCUT2D eigenvalue weighted by Crippen LogP contribution is 2.31. The van der Waals surface area contributed by atoms with Crippen LogP contribution in [0.4, 0.5) is 5.88 Å². The van der Waals surface area contributed by atoms with E-state index in [2.05, 4.69) is 9.98 Å². The van der Waals surface area contributed by atoms with Crippen LogP contribution >= 0.6 is 0 Å². The molecule has 0 fully saturated rings. The topological polar surface area (TPSA) is 78.4 Å². The van der Waals surface area contributed by atoms with Gasteiger partial charge in [-0.05, 0) is 0 Å². The van der Waals surface area contributed by atoms with Crippen molar-refractivity contribution < 1.29 is 14.3 Å². The molecule has 15 heavy (non-hydrogen) atoms. The molecular weight excluding hydrogens is 198 g/mol. The van der Waals surface area contributed by atoms with Crippen LogP contribution in [0.1, 0.15) is 15.9 Å². The molecule has 0 bridgehead atoms. The van der Waals surface area contributed by atoms with Crippen molar-refractivity contribution in [3.8, 4) is 0 Å². The lowest BCUT2D eigenvalue weighted by Crippen LogP contribution is -2.29. The summed E-state index contributed by atoms with van der Waals surface area (Å²) in [6.07, 6.45) is 2.82. The van der Waals surface area contributed by atoms with Crippen molar-refractivity contribution >= 4 is 24.0 Å². The molecule has 6 nitrogen and oxygen atoms in total. The summed E-state index contributed by atoms with van der Waals surface area (Å²) in [6, 6.07) is 0. The van der Waals surface area contributed by atoms with Gasteiger partial charge >= 0.3 is 5.97 Å². The summed E-state index contributed by atoms with van der Waals surface area (Å²) in [5.41, 5.74) is 0.606. The third-order valence-electron chi connectivity index (χ3n) is 2.41. The van der Waals surface area contributed by atoms with E-state index >= 15 is 0 Å². The number of fused-ring (bicyclic) bond motifs is 3. The number of carboxylic acid groups (broad SMARTS) is 1. The maximum Gasteiger partial charge on any atom is 0.339 e. The van der Waals surface area contributed by atoms with Gasteiger partial charge in [0.05, 0.1) is 12.1 Å². The SMILES string of the molecule is O=C(O)c1coc2c1C1=NCCN1C=N2. The van der Waals surface area contributed by atoms with Gasteiger partial charge in [-0.15, -0.1) is 0 Å². The third kappa shape index (κ3) is 1.01. The Kier molecular flexibility index (Phi) is 1.47. The first-order valence-corrected chi connectivity index (χ1v) is 4.48. The summed E-state index contributed by atoms with van der Waals surface area (Å²) >= 11 is 0. The Morgan fingerprint density at radius 2 is 2.47 bits per heavy atom.